The van der Waals surface area contributed by atoms with Gasteiger partial charge in [-0.25, -0.2) is 9.78 Å². The van der Waals surface area contributed by atoms with Crippen molar-refractivity contribution in [3.63, 3.8) is 0 Å². The molecule has 3 aromatic rings. The molecular formula is C25H26N4O2S. The summed E-state index contributed by atoms with van der Waals surface area (Å²) in [5.41, 5.74) is 2.35. The van der Waals surface area contributed by atoms with E-state index >= 15 is 0 Å². The number of nitrogens with one attached hydrogen (secondary N) is 2. The number of carbonyl (C=O) groups excluding carboxylic acids is 2. The average molecular weight is 447 g/mol. The van der Waals surface area contributed by atoms with Gasteiger partial charge in [0.05, 0.1) is 12.2 Å². The van der Waals surface area contributed by atoms with Crippen LogP contribution in [0.15, 0.2) is 66.0 Å². The SMILES string of the molecule is O=C1NC(=O)[C@@](Cc2ccccc2)(C2CCN(Cc3nc(-c4ccccc4)cs3)CC2)N1. The zero-order valence-electron chi connectivity index (χ0n) is 17.8. The van der Waals surface area contributed by atoms with Crippen LogP contribution >= 0.6 is 11.3 Å². The number of nitrogens with zero attached hydrogens (tertiary/aromatic N) is 2. The number of benzene rings is 2. The Labute approximate surface area is 191 Å². The highest BCUT2D eigenvalue weighted by molar-refractivity contribution is 7.09. The molecule has 1 aromatic heterocycles. The monoisotopic (exact) mass is 446 g/mol. The number of likely N-dealkylation sites (tertiary alicyclic amines) is 1. The zero-order valence-corrected chi connectivity index (χ0v) is 18.6. The Morgan fingerprint density at radius 1 is 1.00 bits per heavy atom. The maximum atomic E-state index is 12.9. The van der Waals surface area contributed by atoms with E-state index in [9.17, 15) is 9.59 Å². The molecule has 2 aromatic carbocycles. The van der Waals surface area contributed by atoms with Crippen molar-refractivity contribution in [1.29, 1.82) is 0 Å². The molecule has 2 saturated heterocycles. The lowest BCUT2D eigenvalue weighted by Gasteiger charge is -2.40. The molecule has 32 heavy (non-hydrogen) atoms. The lowest BCUT2D eigenvalue weighted by Crippen LogP contribution is -2.57. The van der Waals surface area contributed by atoms with Crippen LogP contribution in [0, 0.1) is 5.92 Å². The lowest BCUT2D eigenvalue weighted by molar-refractivity contribution is -0.126. The first kappa shape index (κ1) is 20.8. The van der Waals surface area contributed by atoms with Crippen LogP contribution in [0.5, 0.6) is 0 Å². The summed E-state index contributed by atoms with van der Waals surface area (Å²) in [5, 5.41) is 8.70. The number of hydrogen-bond acceptors (Lipinski definition) is 5. The fourth-order valence-electron chi connectivity index (χ4n) is 4.88. The van der Waals surface area contributed by atoms with Crippen LogP contribution in [0.25, 0.3) is 11.3 Å². The number of amides is 3. The highest BCUT2D eigenvalue weighted by atomic mass is 32.1. The summed E-state index contributed by atoms with van der Waals surface area (Å²) < 4.78 is 0. The van der Waals surface area contributed by atoms with E-state index in [0.29, 0.717) is 6.42 Å². The van der Waals surface area contributed by atoms with Gasteiger partial charge in [-0.1, -0.05) is 60.7 Å². The molecule has 164 valence electrons. The number of aromatic nitrogens is 1. The minimum absolute atomic E-state index is 0.0987. The van der Waals surface area contributed by atoms with Crippen molar-refractivity contribution >= 4 is 23.3 Å². The first-order chi connectivity index (χ1) is 15.6. The minimum atomic E-state index is -0.869. The van der Waals surface area contributed by atoms with Gasteiger partial charge >= 0.3 is 6.03 Å². The average Bonchev–Trinajstić information content (AvgIpc) is 3.40. The number of hydrogen-bond donors (Lipinski definition) is 2. The normalized spacial score (nSPS) is 22.0. The fourth-order valence-corrected chi connectivity index (χ4v) is 5.72. The van der Waals surface area contributed by atoms with Gasteiger partial charge in [-0.2, -0.15) is 0 Å². The number of piperidine rings is 1. The van der Waals surface area contributed by atoms with Crippen LogP contribution in [0.2, 0.25) is 0 Å². The molecule has 2 aliphatic rings. The number of carbonyl (C=O) groups is 2. The summed E-state index contributed by atoms with van der Waals surface area (Å²) in [6.45, 7) is 2.57. The van der Waals surface area contributed by atoms with Crippen molar-refractivity contribution in [2.75, 3.05) is 13.1 Å². The van der Waals surface area contributed by atoms with Crippen molar-refractivity contribution < 1.29 is 9.59 Å². The molecule has 0 aliphatic carbocycles. The van der Waals surface area contributed by atoms with Crippen molar-refractivity contribution in [3.8, 4) is 11.3 Å². The third-order valence-electron chi connectivity index (χ3n) is 6.56. The lowest BCUT2D eigenvalue weighted by atomic mass is 9.74. The summed E-state index contributed by atoms with van der Waals surface area (Å²) in [6.07, 6.45) is 2.23. The highest BCUT2D eigenvalue weighted by Gasteiger charge is 2.52. The highest BCUT2D eigenvalue weighted by Crippen LogP contribution is 2.34. The molecule has 3 heterocycles. The second-order valence-corrected chi connectivity index (χ2v) is 9.53. The summed E-state index contributed by atoms with van der Waals surface area (Å²) in [7, 11) is 0. The van der Waals surface area contributed by atoms with Gasteiger partial charge in [0.2, 0.25) is 0 Å². The standard InChI is InChI=1S/C25H26N4O2S/c30-23-25(28-24(31)27-23,15-18-7-3-1-4-8-18)20-11-13-29(14-12-20)16-22-26-21(17-32-22)19-9-5-2-6-10-19/h1-10,17,20H,11-16H2,(H2,27,28,30,31)/t25-/m1/s1. The number of rotatable bonds is 6. The second kappa shape index (κ2) is 8.84. The van der Waals surface area contributed by atoms with E-state index in [0.717, 1.165) is 54.3 Å². The molecule has 6 nitrogen and oxygen atoms in total. The molecule has 5 rings (SSSR count). The molecular weight excluding hydrogens is 420 g/mol. The first-order valence-electron chi connectivity index (χ1n) is 11.0. The van der Waals surface area contributed by atoms with Crippen LogP contribution in [0.4, 0.5) is 4.79 Å². The molecule has 2 N–H and O–H groups in total. The van der Waals surface area contributed by atoms with E-state index in [-0.39, 0.29) is 17.9 Å². The summed E-state index contributed by atoms with van der Waals surface area (Å²) in [6, 6.07) is 19.8. The van der Waals surface area contributed by atoms with E-state index in [1.54, 1.807) is 11.3 Å². The summed E-state index contributed by atoms with van der Waals surface area (Å²) in [5.74, 6) is -0.0983. The molecule has 1 atom stereocenters. The van der Waals surface area contributed by atoms with Gasteiger partial charge in [-0.15, -0.1) is 11.3 Å². The van der Waals surface area contributed by atoms with Gasteiger partial charge in [0, 0.05) is 17.4 Å². The Bertz CT molecular complexity index is 1090. The van der Waals surface area contributed by atoms with Crippen molar-refractivity contribution in [2.45, 2.75) is 31.3 Å². The van der Waals surface area contributed by atoms with Crippen molar-refractivity contribution in [2.24, 2.45) is 5.92 Å². The third-order valence-corrected chi connectivity index (χ3v) is 7.39. The molecule has 0 unspecified atom stereocenters. The summed E-state index contributed by atoms with van der Waals surface area (Å²) in [4.78, 5) is 32.2. The molecule has 0 radical (unpaired) electrons. The van der Waals surface area contributed by atoms with Gasteiger partial charge in [-0.05, 0) is 37.4 Å². The Morgan fingerprint density at radius 3 is 2.34 bits per heavy atom. The molecule has 3 amide bonds. The topological polar surface area (TPSA) is 74.3 Å². The van der Waals surface area contributed by atoms with Gasteiger partial charge in [0.1, 0.15) is 10.5 Å². The van der Waals surface area contributed by atoms with Crippen LogP contribution in [-0.2, 0) is 17.8 Å². The van der Waals surface area contributed by atoms with Gasteiger partial charge in [0.25, 0.3) is 5.91 Å². The first-order valence-corrected chi connectivity index (χ1v) is 11.9. The Morgan fingerprint density at radius 2 is 1.69 bits per heavy atom. The largest absolute Gasteiger partial charge is 0.323 e. The van der Waals surface area contributed by atoms with E-state index < -0.39 is 5.54 Å². The van der Waals surface area contributed by atoms with Gasteiger partial charge in [0.15, 0.2) is 0 Å². The maximum Gasteiger partial charge on any atom is 0.322 e. The Kier molecular flexibility index (Phi) is 5.76. The minimum Gasteiger partial charge on any atom is -0.323 e. The molecule has 2 fully saturated rings. The fraction of sp³-hybridized carbons (Fsp3) is 0.320. The Balaban J connectivity index is 1.25. The smallest absolute Gasteiger partial charge is 0.322 e. The van der Waals surface area contributed by atoms with Crippen molar-refractivity contribution in [1.82, 2.24) is 20.5 Å². The zero-order chi connectivity index (χ0) is 22.0. The molecule has 2 aliphatic heterocycles. The van der Waals surface area contributed by atoms with E-state index in [2.05, 4.69) is 33.0 Å². The predicted octanol–water partition coefficient (Wildman–Crippen LogP) is 3.84. The molecule has 0 bridgehead atoms. The van der Waals surface area contributed by atoms with E-state index in [1.807, 2.05) is 48.5 Å². The number of thiazole rings is 1. The second-order valence-electron chi connectivity index (χ2n) is 8.58. The predicted molar refractivity (Wildman–Crippen MR) is 125 cm³/mol. The van der Waals surface area contributed by atoms with Crippen LogP contribution in [0.1, 0.15) is 23.4 Å². The quantitative estimate of drug-likeness (QED) is 0.564. The maximum absolute atomic E-state index is 12.9. The van der Waals surface area contributed by atoms with Gasteiger partial charge in [-0.3, -0.25) is 15.0 Å². The molecule has 0 saturated carbocycles. The van der Waals surface area contributed by atoms with Crippen molar-refractivity contribution in [3.05, 3.63) is 76.6 Å². The molecule has 7 heteroatoms. The van der Waals surface area contributed by atoms with Crippen LogP contribution in [0.3, 0.4) is 0 Å². The summed E-state index contributed by atoms with van der Waals surface area (Å²) >= 11 is 1.69. The van der Waals surface area contributed by atoms with E-state index in [4.69, 9.17) is 4.98 Å². The molecule has 0 spiro atoms. The van der Waals surface area contributed by atoms with Crippen LogP contribution < -0.4 is 10.6 Å². The van der Waals surface area contributed by atoms with Gasteiger partial charge < -0.3 is 5.32 Å². The number of urea groups is 1. The van der Waals surface area contributed by atoms with Crippen LogP contribution in [-0.4, -0.2) is 40.5 Å². The Hall–Kier alpha value is -3.03. The number of imide groups is 1. The third kappa shape index (κ3) is 4.18. The van der Waals surface area contributed by atoms with E-state index in [1.165, 1.54) is 0 Å².